The van der Waals surface area contributed by atoms with Crippen LogP contribution in [0.3, 0.4) is 0 Å². The van der Waals surface area contributed by atoms with Gasteiger partial charge < -0.3 is 20.1 Å². The Morgan fingerprint density at radius 2 is 1.76 bits per heavy atom. The molecule has 2 amide bonds. The number of nitrogens with zero attached hydrogens (tertiary/aromatic N) is 1. The van der Waals surface area contributed by atoms with Crippen molar-refractivity contribution in [3.05, 3.63) is 59.7 Å². The number of nitrogens with one attached hydrogen (secondary N) is 1. The van der Waals surface area contributed by atoms with E-state index in [-0.39, 0.29) is 18.2 Å². The predicted molar refractivity (Wildman–Crippen MR) is 129 cm³/mol. The van der Waals surface area contributed by atoms with Crippen molar-refractivity contribution in [1.29, 1.82) is 0 Å². The van der Waals surface area contributed by atoms with Crippen LogP contribution in [0.15, 0.2) is 48.5 Å². The molecule has 1 heterocycles. The van der Waals surface area contributed by atoms with Crippen LogP contribution in [0, 0.1) is 0 Å². The molecule has 0 unspecified atom stereocenters. The number of likely N-dealkylation sites (tertiary alicyclic amines) is 1. The second-order valence-corrected chi connectivity index (χ2v) is 9.17. The first kappa shape index (κ1) is 24.9. The van der Waals surface area contributed by atoms with Gasteiger partial charge >= 0.3 is 0 Å². The summed E-state index contributed by atoms with van der Waals surface area (Å²) in [4.78, 5) is 27.1. The van der Waals surface area contributed by atoms with Crippen molar-refractivity contribution in [1.82, 2.24) is 10.2 Å². The number of benzene rings is 2. The minimum Gasteiger partial charge on any atom is -0.366 e. The van der Waals surface area contributed by atoms with Gasteiger partial charge in [-0.15, -0.1) is 0 Å². The maximum Gasteiger partial charge on any atom is 0.252 e. The van der Waals surface area contributed by atoms with Gasteiger partial charge in [-0.1, -0.05) is 61.9 Å². The zero-order chi connectivity index (χ0) is 23.8. The summed E-state index contributed by atoms with van der Waals surface area (Å²) in [5.41, 5.74) is 4.71. The Kier molecular flexibility index (Phi) is 8.64. The average Bonchev–Trinajstić information content (AvgIpc) is 3.32. The summed E-state index contributed by atoms with van der Waals surface area (Å²) in [7, 11) is 0. The van der Waals surface area contributed by atoms with Gasteiger partial charge in [0.2, 0.25) is 5.91 Å². The second-order valence-electron chi connectivity index (χ2n) is 9.17. The summed E-state index contributed by atoms with van der Waals surface area (Å²) in [6, 6.07) is 16.6. The Morgan fingerprint density at radius 1 is 1.09 bits per heavy atom. The summed E-state index contributed by atoms with van der Waals surface area (Å²) < 4.78 is 5.53. The van der Waals surface area contributed by atoms with Crippen molar-refractivity contribution < 1.29 is 19.4 Å². The van der Waals surface area contributed by atoms with Crippen LogP contribution in [0.4, 0.5) is 0 Å². The van der Waals surface area contributed by atoms with Crippen LogP contribution in [0.1, 0.15) is 57.6 Å². The third-order valence-electron chi connectivity index (χ3n) is 5.79. The average molecular weight is 453 g/mol. The van der Waals surface area contributed by atoms with Crippen LogP contribution < -0.4 is 5.32 Å². The maximum absolute atomic E-state index is 12.8. The molecule has 178 valence electrons. The molecule has 0 radical (unpaired) electrons. The quantitative estimate of drug-likeness (QED) is 0.533. The summed E-state index contributed by atoms with van der Waals surface area (Å²) >= 11 is 0. The molecule has 0 aliphatic carbocycles. The van der Waals surface area contributed by atoms with E-state index in [0.29, 0.717) is 19.6 Å². The summed E-state index contributed by atoms with van der Waals surface area (Å²) in [5, 5.41) is 12.9. The molecule has 0 bridgehead atoms. The van der Waals surface area contributed by atoms with E-state index in [9.17, 15) is 14.7 Å². The van der Waals surface area contributed by atoms with E-state index >= 15 is 0 Å². The number of hydrogen-bond acceptors (Lipinski definition) is 4. The highest BCUT2D eigenvalue weighted by atomic mass is 16.6. The molecule has 1 aliphatic rings. The number of amides is 2. The molecule has 6 nitrogen and oxygen atoms in total. The third-order valence-corrected chi connectivity index (χ3v) is 5.79. The Balaban J connectivity index is 1.59. The first-order valence-corrected chi connectivity index (χ1v) is 11.9. The Labute approximate surface area is 196 Å². The fourth-order valence-electron chi connectivity index (χ4n) is 4.20. The first-order valence-electron chi connectivity index (χ1n) is 11.9. The second kappa shape index (κ2) is 11.4. The Morgan fingerprint density at radius 3 is 2.39 bits per heavy atom. The molecular formula is C27H36N2O4. The lowest BCUT2D eigenvalue weighted by molar-refractivity contribution is -0.212. The van der Waals surface area contributed by atoms with Crippen LogP contribution in [-0.4, -0.2) is 46.8 Å². The normalized spacial score (nSPS) is 14.8. The van der Waals surface area contributed by atoms with Crippen LogP contribution in [0.2, 0.25) is 0 Å². The lowest BCUT2D eigenvalue weighted by Gasteiger charge is -2.28. The van der Waals surface area contributed by atoms with Gasteiger partial charge in [0.15, 0.2) is 5.79 Å². The van der Waals surface area contributed by atoms with Crippen molar-refractivity contribution in [3.8, 4) is 11.1 Å². The summed E-state index contributed by atoms with van der Waals surface area (Å²) in [6.45, 7) is 6.81. The zero-order valence-electron chi connectivity index (χ0n) is 20.0. The van der Waals surface area contributed by atoms with Crippen LogP contribution >= 0.6 is 0 Å². The van der Waals surface area contributed by atoms with Crippen molar-refractivity contribution in [2.75, 3.05) is 13.1 Å². The zero-order valence-corrected chi connectivity index (χ0v) is 20.0. The van der Waals surface area contributed by atoms with Gasteiger partial charge in [0.05, 0.1) is 6.42 Å². The molecule has 1 atom stereocenters. The van der Waals surface area contributed by atoms with Crippen molar-refractivity contribution in [3.63, 3.8) is 0 Å². The van der Waals surface area contributed by atoms with Crippen LogP contribution in [0.5, 0.6) is 0 Å². The van der Waals surface area contributed by atoms with Gasteiger partial charge in [0.1, 0.15) is 6.10 Å². The lowest BCUT2D eigenvalue weighted by Crippen LogP contribution is -2.45. The highest BCUT2D eigenvalue weighted by Crippen LogP contribution is 2.25. The lowest BCUT2D eigenvalue weighted by atomic mass is 9.96. The molecule has 6 heteroatoms. The number of carbonyl (C=O) groups excluding carboxylic acids is 2. The maximum atomic E-state index is 12.8. The molecule has 0 spiro atoms. The molecule has 1 aliphatic heterocycles. The number of aryl methyl sites for hydroxylation is 1. The molecule has 3 rings (SSSR count). The Bertz CT molecular complexity index is 928. The number of rotatable bonds is 10. The number of hydrogen-bond donors (Lipinski definition) is 2. The van der Waals surface area contributed by atoms with Crippen molar-refractivity contribution in [2.45, 2.75) is 71.3 Å². The molecule has 0 saturated carbocycles. The number of carbonyl (C=O) groups is 2. The fourth-order valence-corrected chi connectivity index (χ4v) is 4.20. The standard InChI is InChI=1S/C27H36N2O4/c1-4-9-21-10-5-6-11-23(21)22-14-12-20(13-15-22)19-28-25(30)18-24(33-27(2,3)32)26(31)29-16-7-8-17-29/h5-6,10-15,24,32H,4,7-9,16-19H2,1-3H3,(H,28,30)/t24-/m1/s1. The van der Waals surface area contributed by atoms with Crippen LogP contribution in [-0.2, 0) is 27.3 Å². The molecule has 2 aromatic rings. The molecular weight excluding hydrogens is 416 g/mol. The predicted octanol–water partition coefficient (Wildman–Crippen LogP) is 4.05. The number of ether oxygens (including phenoxy) is 1. The monoisotopic (exact) mass is 452 g/mol. The van der Waals surface area contributed by atoms with E-state index in [1.165, 1.54) is 25.0 Å². The van der Waals surface area contributed by atoms with Gasteiger partial charge in [0.25, 0.3) is 5.91 Å². The molecule has 2 aromatic carbocycles. The first-order chi connectivity index (χ1) is 15.8. The molecule has 2 N–H and O–H groups in total. The number of aliphatic hydroxyl groups is 1. The minimum atomic E-state index is -1.50. The fraction of sp³-hybridized carbons (Fsp3) is 0.481. The van der Waals surface area contributed by atoms with Gasteiger partial charge in [-0.05, 0) is 55.4 Å². The molecule has 1 fully saturated rings. The largest absolute Gasteiger partial charge is 0.366 e. The van der Waals surface area contributed by atoms with Crippen molar-refractivity contribution in [2.24, 2.45) is 0 Å². The van der Waals surface area contributed by atoms with E-state index in [2.05, 4.69) is 48.6 Å². The van der Waals surface area contributed by atoms with Gasteiger partial charge in [-0.2, -0.15) is 0 Å². The van der Waals surface area contributed by atoms with Crippen molar-refractivity contribution >= 4 is 11.8 Å². The van der Waals surface area contributed by atoms with Gasteiger partial charge in [0, 0.05) is 19.6 Å². The smallest absolute Gasteiger partial charge is 0.252 e. The molecule has 0 aromatic heterocycles. The summed E-state index contributed by atoms with van der Waals surface area (Å²) in [5.74, 6) is -2.02. The third kappa shape index (κ3) is 7.41. The topological polar surface area (TPSA) is 78.9 Å². The highest BCUT2D eigenvalue weighted by molar-refractivity contribution is 5.87. The molecule has 1 saturated heterocycles. The van der Waals surface area contributed by atoms with Crippen LogP contribution in [0.25, 0.3) is 11.1 Å². The highest BCUT2D eigenvalue weighted by Gasteiger charge is 2.33. The minimum absolute atomic E-state index is 0.123. The van der Waals surface area contributed by atoms with E-state index in [1.807, 2.05) is 12.1 Å². The SMILES string of the molecule is CCCc1ccccc1-c1ccc(CNC(=O)C[C@@H](OC(C)(C)O)C(=O)N2CCCC2)cc1. The van der Waals surface area contributed by atoms with Gasteiger partial charge in [-0.25, -0.2) is 0 Å². The summed E-state index contributed by atoms with van der Waals surface area (Å²) in [6.07, 6.45) is 2.91. The Hall–Kier alpha value is -2.70. The van der Waals surface area contributed by atoms with E-state index in [1.54, 1.807) is 4.90 Å². The van der Waals surface area contributed by atoms with Gasteiger partial charge in [-0.3, -0.25) is 9.59 Å². The van der Waals surface area contributed by atoms with E-state index in [0.717, 1.165) is 36.8 Å². The van der Waals surface area contributed by atoms with E-state index < -0.39 is 11.9 Å². The van der Waals surface area contributed by atoms with E-state index in [4.69, 9.17) is 4.74 Å². The molecule has 33 heavy (non-hydrogen) atoms.